The lowest BCUT2D eigenvalue weighted by atomic mass is 10.0. The summed E-state index contributed by atoms with van der Waals surface area (Å²) in [6.45, 7) is 3.40. The van der Waals surface area contributed by atoms with Crippen LogP contribution < -0.4 is 5.32 Å². The van der Waals surface area contributed by atoms with E-state index >= 15 is 0 Å². The number of benzene rings is 1. The van der Waals surface area contributed by atoms with Crippen molar-refractivity contribution in [3.8, 4) is 0 Å². The van der Waals surface area contributed by atoms with Gasteiger partial charge in [0.15, 0.2) is 0 Å². The summed E-state index contributed by atoms with van der Waals surface area (Å²) in [5.41, 5.74) is 1.07. The van der Waals surface area contributed by atoms with Gasteiger partial charge in [-0.05, 0) is 37.5 Å². The predicted molar refractivity (Wildman–Crippen MR) is 88.3 cm³/mol. The average Bonchev–Trinajstić information content (AvgIpc) is 2.47. The molecule has 0 bridgehead atoms. The first kappa shape index (κ1) is 16.3. The molecule has 4 nitrogen and oxygen atoms in total. The van der Waals surface area contributed by atoms with Gasteiger partial charge in [-0.15, -0.1) is 0 Å². The van der Waals surface area contributed by atoms with E-state index in [9.17, 15) is 9.90 Å². The van der Waals surface area contributed by atoms with Crippen LogP contribution in [0.25, 0.3) is 0 Å². The highest BCUT2D eigenvalue weighted by Crippen LogP contribution is 2.20. The standard InChI is InChI=1S/C16H23BrN2O2/c1-2-15(20)10-16(21)19-8-4-7-14(11-19)18-13-6-3-5-12(17)9-13/h3,5-6,9,14-15,18,20H,2,4,7-8,10-11H2,1H3. The number of rotatable bonds is 5. The van der Waals surface area contributed by atoms with Gasteiger partial charge in [-0.3, -0.25) is 4.79 Å². The van der Waals surface area contributed by atoms with Gasteiger partial charge in [0.05, 0.1) is 12.5 Å². The van der Waals surface area contributed by atoms with Gasteiger partial charge in [0.1, 0.15) is 0 Å². The molecule has 0 aliphatic carbocycles. The van der Waals surface area contributed by atoms with E-state index in [2.05, 4.69) is 21.2 Å². The summed E-state index contributed by atoms with van der Waals surface area (Å²) in [7, 11) is 0. The van der Waals surface area contributed by atoms with E-state index in [1.165, 1.54) is 0 Å². The fraction of sp³-hybridized carbons (Fsp3) is 0.562. The van der Waals surface area contributed by atoms with Gasteiger partial charge in [-0.1, -0.05) is 28.9 Å². The third-order valence-corrected chi connectivity index (χ3v) is 4.34. The molecule has 2 atom stereocenters. The van der Waals surface area contributed by atoms with Crippen LogP contribution in [0, 0.1) is 0 Å². The van der Waals surface area contributed by atoms with E-state index in [4.69, 9.17) is 0 Å². The first-order valence-electron chi connectivity index (χ1n) is 7.56. The minimum atomic E-state index is -0.518. The summed E-state index contributed by atoms with van der Waals surface area (Å²) in [6.07, 6.45) is 2.40. The molecular weight excluding hydrogens is 332 g/mol. The minimum absolute atomic E-state index is 0.0603. The Morgan fingerprint density at radius 1 is 1.57 bits per heavy atom. The summed E-state index contributed by atoms with van der Waals surface area (Å²) >= 11 is 3.46. The Morgan fingerprint density at radius 3 is 3.10 bits per heavy atom. The monoisotopic (exact) mass is 354 g/mol. The molecule has 0 spiro atoms. The quantitative estimate of drug-likeness (QED) is 0.854. The number of nitrogens with zero attached hydrogens (tertiary/aromatic N) is 1. The van der Waals surface area contributed by atoms with Gasteiger partial charge in [0.2, 0.25) is 5.91 Å². The summed E-state index contributed by atoms with van der Waals surface area (Å²) in [4.78, 5) is 14.0. The Labute approximate surface area is 134 Å². The molecule has 0 radical (unpaired) electrons. The zero-order valence-corrected chi connectivity index (χ0v) is 14.0. The smallest absolute Gasteiger partial charge is 0.225 e. The van der Waals surface area contributed by atoms with Crippen LogP contribution in [0.15, 0.2) is 28.7 Å². The normalized spacial score (nSPS) is 20.1. The molecule has 0 aromatic heterocycles. The number of hydrogen-bond donors (Lipinski definition) is 2. The minimum Gasteiger partial charge on any atom is -0.393 e. The Hall–Kier alpha value is -1.07. The van der Waals surface area contributed by atoms with Gasteiger partial charge in [0.25, 0.3) is 0 Å². The van der Waals surface area contributed by atoms with E-state index in [0.717, 1.165) is 29.5 Å². The lowest BCUT2D eigenvalue weighted by Gasteiger charge is -2.34. The maximum absolute atomic E-state index is 12.2. The second-order valence-electron chi connectivity index (χ2n) is 5.60. The van der Waals surface area contributed by atoms with Gasteiger partial charge in [-0.25, -0.2) is 0 Å². The molecule has 1 saturated heterocycles. The second-order valence-corrected chi connectivity index (χ2v) is 6.52. The third kappa shape index (κ3) is 5.00. The highest BCUT2D eigenvalue weighted by molar-refractivity contribution is 9.10. The summed E-state index contributed by atoms with van der Waals surface area (Å²) in [5.74, 6) is 0.0603. The molecule has 1 amide bonds. The maximum Gasteiger partial charge on any atom is 0.225 e. The van der Waals surface area contributed by atoms with Crippen LogP contribution in [0.5, 0.6) is 0 Å². The zero-order chi connectivity index (χ0) is 15.2. The first-order valence-corrected chi connectivity index (χ1v) is 8.35. The molecule has 1 aromatic carbocycles. The topological polar surface area (TPSA) is 52.6 Å². The van der Waals surface area contributed by atoms with Crippen LogP contribution >= 0.6 is 15.9 Å². The fourth-order valence-corrected chi connectivity index (χ4v) is 3.01. The molecule has 0 saturated carbocycles. The number of anilines is 1. The van der Waals surface area contributed by atoms with Crippen molar-refractivity contribution in [2.75, 3.05) is 18.4 Å². The molecule has 5 heteroatoms. The Morgan fingerprint density at radius 2 is 2.38 bits per heavy atom. The van der Waals surface area contributed by atoms with Crippen molar-refractivity contribution < 1.29 is 9.90 Å². The first-order chi connectivity index (χ1) is 10.1. The maximum atomic E-state index is 12.2. The largest absolute Gasteiger partial charge is 0.393 e. The highest BCUT2D eigenvalue weighted by atomic mass is 79.9. The number of carbonyl (C=O) groups excluding carboxylic acids is 1. The van der Waals surface area contributed by atoms with Crippen molar-refractivity contribution in [1.29, 1.82) is 0 Å². The molecule has 1 aromatic rings. The summed E-state index contributed by atoms with van der Waals surface area (Å²) in [5, 5.41) is 13.1. The van der Waals surface area contributed by atoms with Crippen LogP contribution in [0.3, 0.4) is 0 Å². The Bertz CT molecular complexity index is 481. The van der Waals surface area contributed by atoms with Crippen LogP contribution in [-0.4, -0.2) is 41.1 Å². The van der Waals surface area contributed by atoms with E-state index in [0.29, 0.717) is 13.0 Å². The van der Waals surface area contributed by atoms with Crippen molar-refractivity contribution in [3.05, 3.63) is 28.7 Å². The van der Waals surface area contributed by atoms with E-state index in [1.807, 2.05) is 36.1 Å². The molecule has 2 N–H and O–H groups in total. The Balaban J connectivity index is 1.90. The van der Waals surface area contributed by atoms with Crippen LogP contribution in [-0.2, 0) is 4.79 Å². The van der Waals surface area contributed by atoms with Gasteiger partial charge < -0.3 is 15.3 Å². The summed E-state index contributed by atoms with van der Waals surface area (Å²) in [6, 6.07) is 8.34. The number of nitrogens with one attached hydrogen (secondary N) is 1. The van der Waals surface area contributed by atoms with Crippen molar-refractivity contribution >= 4 is 27.5 Å². The number of hydrogen-bond acceptors (Lipinski definition) is 3. The van der Waals surface area contributed by atoms with Crippen LogP contribution in [0.1, 0.15) is 32.6 Å². The number of amides is 1. The molecule has 1 aliphatic heterocycles. The van der Waals surface area contributed by atoms with Crippen LogP contribution in [0.4, 0.5) is 5.69 Å². The van der Waals surface area contributed by atoms with Gasteiger partial charge in [-0.2, -0.15) is 0 Å². The Kier molecular flexibility index (Phi) is 6.06. The number of halogens is 1. The zero-order valence-electron chi connectivity index (χ0n) is 12.4. The molecule has 21 heavy (non-hydrogen) atoms. The molecule has 1 heterocycles. The number of likely N-dealkylation sites (tertiary alicyclic amines) is 1. The molecule has 116 valence electrons. The number of aliphatic hydroxyl groups is 1. The SMILES string of the molecule is CCC(O)CC(=O)N1CCCC(Nc2cccc(Br)c2)C1. The summed E-state index contributed by atoms with van der Waals surface area (Å²) < 4.78 is 1.04. The van der Waals surface area contributed by atoms with Crippen molar-refractivity contribution in [1.82, 2.24) is 4.90 Å². The number of aliphatic hydroxyl groups excluding tert-OH is 1. The lowest BCUT2D eigenvalue weighted by molar-refractivity contribution is -0.134. The van der Waals surface area contributed by atoms with Gasteiger partial charge >= 0.3 is 0 Å². The highest BCUT2D eigenvalue weighted by Gasteiger charge is 2.24. The van der Waals surface area contributed by atoms with E-state index in [1.54, 1.807) is 0 Å². The number of piperidine rings is 1. The van der Waals surface area contributed by atoms with Crippen molar-refractivity contribution in [2.45, 2.75) is 44.8 Å². The van der Waals surface area contributed by atoms with E-state index in [-0.39, 0.29) is 18.4 Å². The molecule has 1 aliphatic rings. The number of carbonyl (C=O) groups is 1. The average molecular weight is 355 g/mol. The van der Waals surface area contributed by atoms with Crippen molar-refractivity contribution in [2.24, 2.45) is 0 Å². The molecule has 1 fully saturated rings. The van der Waals surface area contributed by atoms with Crippen molar-refractivity contribution in [3.63, 3.8) is 0 Å². The third-order valence-electron chi connectivity index (χ3n) is 3.85. The second kappa shape index (κ2) is 7.80. The predicted octanol–water partition coefficient (Wildman–Crippen LogP) is 3.01. The van der Waals surface area contributed by atoms with E-state index < -0.39 is 6.10 Å². The lowest BCUT2D eigenvalue weighted by Crippen LogP contribution is -2.45. The fourth-order valence-electron chi connectivity index (χ4n) is 2.61. The molecule has 2 unspecified atom stereocenters. The van der Waals surface area contributed by atoms with Gasteiger partial charge in [0, 0.05) is 29.3 Å². The molecular formula is C16H23BrN2O2. The van der Waals surface area contributed by atoms with Crippen LogP contribution in [0.2, 0.25) is 0 Å². The molecule has 2 rings (SSSR count).